The first-order valence-corrected chi connectivity index (χ1v) is 12.0. The lowest BCUT2D eigenvalue weighted by Gasteiger charge is -2.31. The lowest BCUT2D eigenvalue weighted by molar-refractivity contribution is -0.143. The van der Waals surface area contributed by atoms with E-state index in [2.05, 4.69) is 21.4 Å². The first kappa shape index (κ1) is 23.7. The maximum atomic E-state index is 13.2. The smallest absolute Gasteiger partial charge is 0.328 e. The number of rotatable bonds is 6. The molecule has 1 aliphatic carbocycles. The third kappa shape index (κ3) is 4.85. The number of ether oxygens (including phenoxy) is 2. The zero-order chi connectivity index (χ0) is 25.1. The zero-order valence-corrected chi connectivity index (χ0v) is 19.7. The standard InChI is InChI=1S/C25H26N6O5/c26-11-18-12-27-22(10-21(18)36-19-4-1-5-19)29-25(34)31-6-2-3-16-9-17(20(14-32)28-24(16)31)13-30-7-8-35-15-23(30)33/h9-10,12,14,19H,1-8,13,15H2,(H,27,29,34). The summed E-state index contributed by atoms with van der Waals surface area (Å²) < 4.78 is 11.1. The maximum absolute atomic E-state index is 13.2. The Kier molecular flexibility index (Phi) is 6.77. The van der Waals surface area contributed by atoms with Crippen molar-refractivity contribution in [3.63, 3.8) is 0 Å². The largest absolute Gasteiger partial charge is 0.489 e. The number of anilines is 2. The molecule has 11 nitrogen and oxygen atoms in total. The molecular weight excluding hydrogens is 464 g/mol. The van der Waals surface area contributed by atoms with Crippen molar-refractivity contribution in [2.45, 2.75) is 44.8 Å². The molecule has 3 aliphatic rings. The first-order valence-electron chi connectivity index (χ1n) is 12.0. The highest BCUT2D eigenvalue weighted by Crippen LogP contribution is 2.31. The van der Waals surface area contributed by atoms with Crippen LogP contribution in [0.2, 0.25) is 0 Å². The molecule has 11 heteroatoms. The Balaban J connectivity index is 1.36. The van der Waals surface area contributed by atoms with E-state index in [4.69, 9.17) is 9.47 Å². The second-order valence-corrected chi connectivity index (χ2v) is 9.03. The van der Waals surface area contributed by atoms with Gasteiger partial charge in [-0.3, -0.25) is 19.8 Å². The number of aromatic nitrogens is 2. The van der Waals surface area contributed by atoms with Crippen LogP contribution in [-0.4, -0.2) is 65.5 Å². The summed E-state index contributed by atoms with van der Waals surface area (Å²) in [4.78, 5) is 49.0. The number of carbonyl (C=O) groups excluding carboxylic acids is 3. The highest BCUT2D eigenvalue weighted by Gasteiger charge is 2.28. The van der Waals surface area contributed by atoms with Crippen molar-refractivity contribution in [2.75, 3.05) is 36.5 Å². The van der Waals surface area contributed by atoms with Crippen LogP contribution in [0.15, 0.2) is 18.3 Å². The van der Waals surface area contributed by atoms with Crippen molar-refractivity contribution in [2.24, 2.45) is 0 Å². The van der Waals surface area contributed by atoms with Crippen LogP contribution in [0.3, 0.4) is 0 Å². The number of hydrogen-bond acceptors (Lipinski definition) is 8. The van der Waals surface area contributed by atoms with E-state index in [1.807, 2.05) is 6.07 Å². The van der Waals surface area contributed by atoms with Crippen LogP contribution in [0.25, 0.3) is 0 Å². The molecule has 0 spiro atoms. The minimum absolute atomic E-state index is 0.0273. The molecule has 0 radical (unpaired) electrons. The second-order valence-electron chi connectivity index (χ2n) is 9.03. The lowest BCUT2D eigenvalue weighted by atomic mass is 9.96. The van der Waals surface area contributed by atoms with Gasteiger partial charge in [-0.1, -0.05) is 0 Å². The van der Waals surface area contributed by atoms with E-state index in [0.29, 0.717) is 55.1 Å². The molecule has 1 saturated heterocycles. The van der Waals surface area contributed by atoms with Gasteiger partial charge in [-0.05, 0) is 43.7 Å². The molecule has 1 N–H and O–H groups in total. The summed E-state index contributed by atoms with van der Waals surface area (Å²) in [5.74, 6) is 0.943. The van der Waals surface area contributed by atoms with Gasteiger partial charge in [-0.15, -0.1) is 0 Å². The maximum Gasteiger partial charge on any atom is 0.328 e. The highest BCUT2D eigenvalue weighted by molar-refractivity contribution is 6.01. The number of nitriles is 1. The Bertz CT molecular complexity index is 1240. The van der Waals surface area contributed by atoms with Crippen molar-refractivity contribution in [1.82, 2.24) is 14.9 Å². The Morgan fingerprint density at radius 2 is 2.17 bits per heavy atom. The van der Waals surface area contributed by atoms with Crippen LogP contribution in [0, 0.1) is 11.3 Å². The van der Waals surface area contributed by atoms with E-state index >= 15 is 0 Å². The number of morpholine rings is 1. The molecule has 0 unspecified atom stereocenters. The zero-order valence-electron chi connectivity index (χ0n) is 19.7. The van der Waals surface area contributed by atoms with Crippen LogP contribution >= 0.6 is 0 Å². The average molecular weight is 491 g/mol. The van der Waals surface area contributed by atoms with Crippen LogP contribution in [0.1, 0.15) is 52.9 Å². The number of nitrogens with zero attached hydrogens (tertiary/aromatic N) is 5. The molecule has 2 aromatic rings. The normalized spacial score (nSPS) is 17.6. The fourth-order valence-electron chi connectivity index (χ4n) is 4.44. The van der Waals surface area contributed by atoms with Crippen LogP contribution < -0.4 is 15.0 Å². The van der Waals surface area contributed by atoms with Gasteiger partial charge in [0.25, 0.3) is 0 Å². The van der Waals surface area contributed by atoms with E-state index < -0.39 is 6.03 Å². The Morgan fingerprint density at radius 1 is 1.31 bits per heavy atom. The van der Waals surface area contributed by atoms with Crippen molar-refractivity contribution >= 4 is 29.9 Å². The number of nitrogens with one attached hydrogen (secondary N) is 1. The quantitative estimate of drug-likeness (QED) is 0.610. The molecule has 2 fully saturated rings. The first-order chi connectivity index (χ1) is 17.6. The molecule has 2 aromatic heterocycles. The average Bonchev–Trinajstić information content (AvgIpc) is 2.87. The lowest BCUT2D eigenvalue weighted by Crippen LogP contribution is -2.42. The van der Waals surface area contributed by atoms with Gasteiger partial charge in [0.05, 0.1) is 18.9 Å². The number of pyridine rings is 2. The van der Waals surface area contributed by atoms with Crippen molar-refractivity contribution in [3.8, 4) is 11.8 Å². The fraction of sp³-hybridized carbons (Fsp3) is 0.440. The van der Waals surface area contributed by atoms with Crippen molar-refractivity contribution in [1.29, 1.82) is 5.26 Å². The van der Waals surface area contributed by atoms with Gasteiger partial charge in [-0.25, -0.2) is 14.8 Å². The summed E-state index contributed by atoms with van der Waals surface area (Å²) in [6, 6.07) is 5.05. The minimum Gasteiger partial charge on any atom is -0.489 e. The molecule has 5 rings (SSSR count). The monoisotopic (exact) mass is 490 g/mol. The van der Waals surface area contributed by atoms with E-state index in [9.17, 15) is 19.6 Å². The molecule has 0 bridgehead atoms. The van der Waals surface area contributed by atoms with Crippen LogP contribution in [0.4, 0.5) is 16.4 Å². The predicted molar refractivity (Wildman–Crippen MR) is 128 cm³/mol. The summed E-state index contributed by atoms with van der Waals surface area (Å²) in [6.45, 7) is 1.62. The summed E-state index contributed by atoms with van der Waals surface area (Å²) >= 11 is 0. The van der Waals surface area contributed by atoms with Gasteiger partial charge in [0.1, 0.15) is 41.3 Å². The van der Waals surface area contributed by atoms with Gasteiger partial charge in [0.2, 0.25) is 5.91 Å². The van der Waals surface area contributed by atoms with Gasteiger partial charge in [-0.2, -0.15) is 5.26 Å². The van der Waals surface area contributed by atoms with Gasteiger partial charge >= 0.3 is 6.03 Å². The van der Waals surface area contributed by atoms with Crippen molar-refractivity contribution < 1.29 is 23.9 Å². The van der Waals surface area contributed by atoms with E-state index in [1.54, 1.807) is 11.0 Å². The highest BCUT2D eigenvalue weighted by atomic mass is 16.5. The van der Waals surface area contributed by atoms with Gasteiger partial charge < -0.3 is 14.4 Å². The number of urea groups is 1. The van der Waals surface area contributed by atoms with Gasteiger partial charge in [0.15, 0.2) is 6.29 Å². The summed E-state index contributed by atoms with van der Waals surface area (Å²) in [6.07, 6.45) is 6.49. The predicted octanol–water partition coefficient (Wildman–Crippen LogP) is 2.44. The summed E-state index contributed by atoms with van der Waals surface area (Å²) in [7, 11) is 0. The molecule has 36 heavy (non-hydrogen) atoms. The van der Waals surface area contributed by atoms with Crippen molar-refractivity contribution in [3.05, 3.63) is 40.7 Å². The third-order valence-electron chi connectivity index (χ3n) is 6.64. The number of aldehydes is 1. The Morgan fingerprint density at radius 3 is 2.89 bits per heavy atom. The number of hydrogen-bond donors (Lipinski definition) is 1. The number of carbonyl (C=O) groups is 3. The summed E-state index contributed by atoms with van der Waals surface area (Å²) in [5, 5.41) is 12.1. The number of amides is 3. The molecule has 1 saturated carbocycles. The Hall–Kier alpha value is -4.04. The van der Waals surface area contributed by atoms with Crippen LogP contribution in [0.5, 0.6) is 5.75 Å². The van der Waals surface area contributed by atoms with Crippen LogP contribution in [-0.2, 0) is 22.5 Å². The molecule has 4 heterocycles. The topological polar surface area (TPSA) is 138 Å². The molecule has 0 atom stereocenters. The fourth-order valence-corrected chi connectivity index (χ4v) is 4.44. The molecule has 3 amide bonds. The minimum atomic E-state index is -0.441. The molecule has 0 aromatic carbocycles. The SMILES string of the molecule is N#Cc1cnc(NC(=O)N2CCCc3cc(CN4CCOCC4=O)c(C=O)nc32)cc1OC1CCC1. The third-order valence-corrected chi connectivity index (χ3v) is 6.64. The second kappa shape index (κ2) is 10.3. The molecular formula is C25H26N6O5. The van der Waals surface area contributed by atoms with E-state index in [1.165, 1.54) is 11.1 Å². The van der Waals surface area contributed by atoms with Gasteiger partial charge in [0, 0.05) is 31.3 Å². The molecule has 186 valence electrons. The number of aryl methyl sites for hydroxylation is 1. The Labute approximate surface area is 208 Å². The summed E-state index contributed by atoms with van der Waals surface area (Å²) in [5.41, 5.74) is 1.99. The van der Waals surface area contributed by atoms with E-state index in [-0.39, 0.29) is 36.7 Å². The number of fused-ring (bicyclic) bond motifs is 1. The molecule has 2 aliphatic heterocycles. The van der Waals surface area contributed by atoms with E-state index in [0.717, 1.165) is 31.2 Å².